The lowest BCUT2D eigenvalue weighted by Gasteiger charge is -2.15. The molecule has 7 heteroatoms. The second-order valence-corrected chi connectivity index (χ2v) is 5.76. The predicted molar refractivity (Wildman–Crippen MR) is 88.7 cm³/mol. The fourth-order valence-corrected chi connectivity index (χ4v) is 2.85. The maximum atomic E-state index is 13.3. The van der Waals surface area contributed by atoms with Gasteiger partial charge in [0.1, 0.15) is 0 Å². The number of benzene rings is 1. The van der Waals surface area contributed by atoms with Gasteiger partial charge in [0, 0.05) is 11.3 Å². The number of rotatable bonds is 2. The van der Waals surface area contributed by atoms with Gasteiger partial charge in [0.25, 0.3) is 11.2 Å². The molecule has 1 saturated carbocycles. The molecule has 0 saturated heterocycles. The van der Waals surface area contributed by atoms with Crippen molar-refractivity contribution in [3.05, 3.63) is 63.7 Å². The van der Waals surface area contributed by atoms with E-state index in [9.17, 15) is 18.0 Å². The van der Waals surface area contributed by atoms with E-state index in [0.29, 0.717) is 18.4 Å². The highest BCUT2D eigenvalue weighted by Crippen LogP contribution is 2.37. The summed E-state index contributed by atoms with van der Waals surface area (Å²) in [5.74, 6) is 0. The van der Waals surface area contributed by atoms with Crippen LogP contribution in [0.3, 0.4) is 0 Å². The summed E-state index contributed by atoms with van der Waals surface area (Å²) < 4.78 is 40.9. The highest BCUT2D eigenvalue weighted by atomic mass is 19.4. The summed E-state index contributed by atoms with van der Waals surface area (Å²) in [4.78, 5) is 15.4. The molecule has 0 aliphatic heterocycles. The zero-order chi connectivity index (χ0) is 18.0. The Hall–Kier alpha value is -2.88. The first-order valence-corrected chi connectivity index (χ1v) is 7.78. The van der Waals surface area contributed by atoms with Gasteiger partial charge in [-0.1, -0.05) is 30.3 Å². The Bertz CT molecular complexity index is 914. The zero-order valence-corrected chi connectivity index (χ0v) is 13.2. The Morgan fingerprint density at radius 3 is 2.32 bits per heavy atom. The van der Waals surface area contributed by atoms with Crippen molar-refractivity contribution >= 4 is 11.4 Å². The second kappa shape index (κ2) is 6.55. The quantitative estimate of drug-likeness (QED) is 0.716. The van der Waals surface area contributed by atoms with Gasteiger partial charge >= 0.3 is 6.18 Å². The van der Waals surface area contributed by atoms with E-state index in [4.69, 9.17) is 6.57 Å². The van der Waals surface area contributed by atoms with Crippen molar-refractivity contribution in [2.75, 3.05) is 0 Å². The maximum absolute atomic E-state index is 13.3. The van der Waals surface area contributed by atoms with Gasteiger partial charge in [-0.3, -0.25) is 4.79 Å². The average molecular weight is 345 g/mol. The van der Waals surface area contributed by atoms with Gasteiger partial charge in [-0.15, -0.1) is 0 Å². The second-order valence-electron chi connectivity index (χ2n) is 5.76. The van der Waals surface area contributed by atoms with Crippen LogP contribution < -0.4 is 5.56 Å². The molecule has 0 amide bonds. The lowest BCUT2D eigenvalue weighted by molar-refractivity contribution is -0.136. The number of nitrogens with zero attached hydrogens (tertiary/aromatic N) is 3. The van der Waals surface area contributed by atoms with Crippen molar-refractivity contribution in [1.29, 1.82) is 0 Å². The maximum Gasteiger partial charge on any atom is 0.407 e. The van der Waals surface area contributed by atoms with Gasteiger partial charge in [-0.05, 0) is 31.7 Å². The van der Waals surface area contributed by atoms with Crippen molar-refractivity contribution in [2.45, 2.75) is 31.9 Å². The number of halogens is 3. The Morgan fingerprint density at radius 2 is 1.76 bits per heavy atom. The third-order valence-electron chi connectivity index (χ3n) is 4.07. The topological polar surface area (TPSA) is 38.7 Å². The standard InChI is InChI=1S/C18H14F3N3O/c1-22-16-14(18(19,20)21)11-15(12-7-3-2-4-8-12)24(17(16)25)23-13-9-5-6-10-13/h2-4,7-8,11H,5-6,9-10H2. The van der Waals surface area contributed by atoms with Crippen LogP contribution in [0.15, 0.2) is 46.3 Å². The van der Waals surface area contributed by atoms with Crippen molar-refractivity contribution < 1.29 is 13.2 Å². The molecule has 1 aliphatic carbocycles. The fraction of sp³-hybridized carbons (Fsp3) is 0.278. The third-order valence-corrected chi connectivity index (χ3v) is 4.07. The number of pyridine rings is 1. The van der Waals surface area contributed by atoms with Crippen LogP contribution in [0, 0.1) is 6.57 Å². The monoisotopic (exact) mass is 345 g/mol. The number of hydrogen-bond donors (Lipinski definition) is 0. The summed E-state index contributed by atoms with van der Waals surface area (Å²) in [5.41, 5.74) is -1.99. The smallest absolute Gasteiger partial charge is 0.281 e. The van der Waals surface area contributed by atoms with Crippen LogP contribution in [0.25, 0.3) is 16.1 Å². The summed E-state index contributed by atoms with van der Waals surface area (Å²) in [7, 11) is 0. The molecule has 0 N–H and O–H groups in total. The van der Waals surface area contributed by atoms with Crippen LogP contribution in [0.1, 0.15) is 31.2 Å². The van der Waals surface area contributed by atoms with E-state index < -0.39 is 23.0 Å². The SMILES string of the molecule is [C-]#[N+]c1c(C(F)(F)F)cc(-c2ccccc2)n(N=C2CCCC2)c1=O. The van der Waals surface area contributed by atoms with Crippen LogP contribution in [0.4, 0.5) is 18.9 Å². The first kappa shape index (κ1) is 17.0. The molecular formula is C18H14F3N3O. The first-order chi connectivity index (χ1) is 11.9. The van der Waals surface area contributed by atoms with Crippen LogP contribution in [-0.4, -0.2) is 10.4 Å². The van der Waals surface area contributed by atoms with Crippen LogP contribution in [0.2, 0.25) is 0 Å². The molecule has 0 bridgehead atoms. The Labute approximate surface area is 142 Å². The summed E-state index contributed by atoms with van der Waals surface area (Å²) >= 11 is 0. The Balaban J connectivity index is 2.34. The molecule has 1 aliphatic rings. The highest BCUT2D eigenvalue weighted by molar-refractivity contribution is 5.86. The first-order valence-electron chi connectivity index (χ1n) is 7.78. The zero-order valence-electron chi connectivity index (χ0n) is 13.2. The van der Waals surface area contributed by atoms with Gasteiger partial charge in [-0.2, -0.15) is 18.3 Å². The number of hydrogen-bond acceptors (Lipinski definition) is 2. The summed E-state index contributed by atoms with van der Waals surface area (Å²) in [6, 6.07) is 9.12. The molecule has 128 valence electrons. The minimum Gasteiger partial charge on any atom is -0.281 e. The lowest BCUT2D eigenvalue weighted by atomic mass is 10.1. The van der Waals surface area contributed by atoms with E-state index in [2.05, 4.69) is 9.95 Å². The minimum absolute atomic E-state index is 0.0322. The van der Waals surface area contributed by atoms with E-state index in [1.165, 1.54) is 0 Å². The average Bonchev–Trinajstić information content (AvgIpc) is 3.09. The third kappa shape index (κ3) is 3.33. The van der Waals surface area contributed by atoms with Crippen molar-refractivity contribution in [3.8, 4) is 11.3 Å². The van der Waals surface area contributed by atoms with Crippen molar-refractivity contribution in [2.24, 2.45) is 5.10 Å². The molecule has 0 atom stereocenters. The Morgan fingerprint density at radius 1 is 1.12 bits per heavy atom. The summed E-state index contributed by atoms with van der Waals surface area (Å²) in [6.07, 6.45) is -1.51. The molecule has 0 radical (unpaired) electrons. The molecule has 3 rings (SSSR count). The van der Waals surface area contributed by atoms with E-state index in [-0.39, 0.29) is 5.69 Å². The molecule has 1 heterocycles. The summed E-state index contributed by atoms with van der Waals surface area (Å²) in [6.45, 7) is 7.02. The van der Waals surface area contributed by atoms with Gasteiger partial charge in [0.05, 0.1) is 17.8 Å². The van der Waals surface area contributed by atoms with Gasteiger partial charge < -0.3 is 0 Å². The van der Waals surface area contributed by atoms with Crippen molar-refractivity contribution in [3.63, 3.8) is 0 Å². The molecule has 0 unspecified atom stereocenters. The highest BCUT2D eigenvalue weighted by Gasteiger charge is 2.36. The fourth-order valence-electron chi connectivity index (χ4n) is 2.85. The molecule has 25 heavy (non-hydrogen) atoms. The molecule has 1 fully saturated rings. The van der Waals surface area contributed by atoms with Gasteiger partial charge in [-0.25, -0.2) is 9.52 Å². The van der Waals surface area contributed by atoms with E-state index in [1.54, 1.807) is 30.3 Å². The van der Waals surface area contributed by atoms with Crippen molar-refractivity contribution in [1.82, 2.24) is 4.68 Å². The molecule has 2 aromatic rings. The molecule has 1 aromatic carbocycles. The van der Waals surface area contributed by atoms with Gasteiger partial charge in [0.2, 0.25) is 0 Å². The van der Waals surface area contributed by atoms with Crippen LogP contribution in [0.5, 0.6) is 0 Å². The van der Waals surface area contributed by atoms with Crippen LogP contribution in [-0.2, 0) is 6.18 Å². The van der Waals surface area contributed by atoms with Gasteiger partial charge in [0.15, 0.2) is 0 Å². The summed E-state index contributed by atoms with van der Waals surface area (Å²) in [5, 5.41) is 4.28. The molecule has 0 spiro atoms. The molecule has 4 nitrogen and oxygen atoms in total. The van der Waals surface area contributed by atoms with Crippen LogP contribution >= 0.6 is 0 Å². The minimum atomic E-state index is -4.79. The number of alkyl halides is 3. The predicted octanol–water partition coefficient (Wildman–Crippen LogP) is 4.86. The molecule has 1 aromatic heterocycles. The lowest BCUT2D eigenvalue weighted by Crippen LogP contribution is -2.23. The molecular weight excluding hydrogens is 331 g/mol. The van der Waals surface area contributed by atoms with E-state index >= 15 is 0 Å². The van der Waals surface area contributed by atoms with E-state index in [0.717, 1.165) is 29.3 Å². The number of aromatic nitrogens is 1. The van der Waals surface area contributed by atoms with E-state index in [1.807, 2.05) is 0 Å². The largest absolute Gasteiger partial charge is 0.407 e. The Kier molecular flexibility index (Phi) is 4.45. The normalized spacial score (nSPS) is 14.4.